The first kappa shape index (κ1) is 9.34. The van der Waals surface area contributed by atoms with Crippen LogP contribution in [0.3, 0.4) is 0 Å². The Bertz CT molecular complexity index is 455. The average molecular weight is 249 g/mol. The van der Waals surface area contributed by atoms with Gasteiger partial charge in [-0.15, -0.1) is 0 Å². The van der Waals surface area contributed by atoms with Crippen molar-refractivity contribution < 1.29 is 0 Å². The van der Waals surface area contributed by atoms with E-state index in [2.05, 4.69) is 25.9 Å². The van der Waals surface area contributed by atoms with Gasteiger partial charge in [0.05, 0.1) is 5.69 Å². The normalized spacial score (nSPS) is 10.1. The lowest BCUT2D eigenvalue weighted by Gasteiger charge is -2.03. The summed E-state index contributed by atoms with van der Waals surface area (Å²) in [5.41, 5.74) is 3.19. The molecule has 0 radical (unpaired) electrons. The lowest BCUT2D eigenvalue weighted by atomic mass is 10.1. The fourth-order valence-electron chi connectivity index (χ4n) is 1.33. The van der Waals surface area contributed by atoms with Crippen LogP contribution in [0.5, 0.6) is 0 Å². The first-order valence-electron chi connectivity index (χ1n) is 4.30. The fraction of sp³-hybridized carbons (Fsp3) is 0.0909. The molecule has 70 valence electrons. The summed E-state index contributed by atoms with van der Waals surface area (Å²) in [6, 6.07) is 6.00. The van der Waals surface area contributed by atoms with Crippen molar-refractivity contribution in [3.63, 3.8) is 0 Å². The van der Waals surface area contributed by atoms with Gasteiger partial charge in [-0.25, -0.2) is 0 Å². The second kappa shape index (κ2) is 3.88. The molecule has 0 saturated carbocycles. The fourth-order valence-corrected chi connectivity index (χ4v) is 1.69. The van der Waals surface area contributed by atoms with E-state index in [0.29, 0.717) is 0 Å². The molecule has 0 unspecified atom stereocenters. The molecule has 2 heterocycles. The molecule has 14 heavy (non-hydrogen) atoms. The molecule has 2 aromatic rings. The highest BCUT2D eigenvalue weighted by Crippen LogP contribution is 2.22. The maximum Gasteiger partial charge on any atom is 0.0746 e. The van der Waals surface area contributed by atoms with E-state index in [0.717, 1.165) is 21.3 Å². The van der Waals surface area contributed by atoms with Crippen LogP contribution in [0.25, 0.3) is 11.3 Å². The number of pyridine rings is 2. The van der Waals surface area contributed by atoms with Gasteiger partial charge in [-0.2, -0.15) is 0 Å². The zero-order valence-corrected chi connectivity index (χ0v) is 9.32. The molecular weight excluding hydrogens is 240 g/mol. The van der Waals surface area contributed by atoms with Gasteiger partial charge in [0.15, 0.2) is 0 Å². The topological polar surface area (TPSA) is 25.8 Å². The van der Waals surface area contributed by atoms with E-state index >= 15 is 0 Å². The van der Waals surface area contributed by atoms with Gasteiger partial charge in [-0.1, -0.05) is 6.07 Å². The minimum Gasteiger partial charge on any atom is -0.263 e. The number of hydrogen-bond donors (Lipinski definition) is 0. The first-order valence-corrected chi connectivity index (χ1v) is 5.09. The Labute approximate surface area is 91.2 Å². The van der Waals surface area contributed by atoms with E-state index in [1.165, 1.54) is 0 Å². The highest BCUT2D eigenvalue weighted by atomic mass is 79.9. The van der Waals surface area contributed by atoms with Gasteiger partial charge in [0.2, 0.25) is 0 Å². The van der Waals surface area contributed by atoms with Gasteiger partial charge in [0, 0.05) is 28.6 Å². The Kier molecular flexibility index (Phi) is 2.59. The summed E-state index contributed by atoms with van der Waals surface area (Å²) in [4.78, 5) is 8.44. The van der Waals surface area contributed by atoms with E-state index < -0.39 is 0 Å². The molecule has 0 saturated heterocycles. The van der Waals surface area contributed by atoms with Crippen molar-refractivity contribution in [1.82, 2.24) is 9.97 Å². The molecule has 0 aliphatic rings. The van der Waals surface area contributed by atoms with Gasteiger partial charge in [0.25, 0.3) is 0 Å². The van der Waals surface area contributed by atoms with E-state index in [9.17, 15) is 0 Å². The second-order valence-corrected chi connectivity index (χ2v) is 3.98. The maximum atomic E-state index is 4.33. The van der Waals surface area contributed by atoms with Crippen molar-refractivity contribution in [2.75, 3.05) is 0 Å². The van der Waals surface area contributed by atoms with Crippen molar-refractivity contribution >= 4 is 15.9 Å². The molecule has 0 amide bonds. The van der Waals surface area contributed by atoms with Crippen LogP contribution >= 0.6 is 15.9 Å². The molecule has 3 heteroatoms. The highest BCUT2D eigenvalue weighted by molar-refractivity contribution is 9.10. The van der Waals surface area contributed by atoms with Crippen LogP contribution in [-0.4, -0.2) is 9.97 Å². The molecule has 0 N–H and O–H groups in total. The lowest BCUT2D eigenvalue weighted by molar-refractivity contribution is 1.24. The Morgan fingerprint density at radius 2 is 2.14 bits per heavy atom. The Balaban J connectivity index is 2.55. The highest BCUT2D eigenvalue weighted by Gasteiger charge is 2.02. The van der Waals surface area contributed by atoms with Gasteiger partial charge in [0.1, 0.15) is 0 Å². The molecule has 0 aromatic carbocycles. The third-order valence-electron chi connectivity index (χ3n) is 1.99. The molecular formula is C11H9BrN2. The van der Waals surface area contributed by atoms with Crippen molar-refractivity contribution in [1.29, 1.82) is 0 Å². The SMILES string of the molecule is Cc1cccnc1-c1cncc(Br)c1. The Hall–Kier alpha value is -1.22. The molecule has 2 aromatic heterocycles. The third-order valence-corrected chi connectivity index (χ3v) is 2.42. The number of aromatic nitrogens is 2. The number of nitrogens with zero attached hydrogens (tertiary/aromatic N) is 2. The zero-order chi connectivity index (χ0) is 9.97. The van der Waals surface area contributed by atoms with Gasteiger partial charge in [-0.05, 0) is 40.5 Å². The first-order chi connectivity index (χ1) is 6.77. The quantitative estimate of drug-likeness (QED) is 0.775. The lowest BCUT2D eigenvalue weighted by Crippen LogP contribution is -1.87. The van der Waals surface area contributed by atoms with E-state index in [1.807, 2.05) is 31.3 Å². The van der Waals surface area contributed by atoms with Crippen LogP contribution < -0.4 is 0 Å². The van der Waals surface area contributed by atoms with Crippen LogP contribution in [0.2, 0.25) is 0 Å². The molecule has 0 atom stereocenters. The molecule has 2 nitrogen and oxygen atoms in total. The minimum absolute atomic E-state index is 0.972. The number of rotatable bonds is 1. The number of aryl methyl sites for hydroxylation is 1. The van der Waals surface area contributed by atoms with Crippen molar-refractivity contribution in [3.05, 3.63) is 46.8 Å². The minimum atomic E-state index is 0.972. The largest absolute Gasteiger partial charge is 0.263 e. The van der Waals surface area contributed by atoms with E-state index in [-0.39, 0.29) is 0 Å². The van der Waals surface area contributed by atoms with Gasteiger partial charge in [-0.3, -0.25) is 9.97 Å². The number of halogens is 1. The zero-order valence-electron chi connectivity index (χ0n) is 7.74. The van der Waals surface area contributed by atoms with Crippen LogP contribution in [0.1, 0.15) is 5.56 Å². The monoisotopic (exact) mass is 248 g/mol. The summed E-state index contributed by atoms with van der Waals surface area (Å²) in [6.45, 7) is 2.04. The molecule has 0 fully saturated rings. The smallest absolute Gasteiger partial charge is 0.0746 e. The predicted octanol–water partition coefficient (Wildman–Crippen LogP) is 3.21. The predicted molar refractivity (Wildman–Crippen MR) is 59.9 cm³/mol. The van der Waals surface area contributed by atoms with Crippen LogP contribution in [0.15, 0.2) is 41.3 Å². The summed E-state index contributed by atoms with van der Waals surface area (Å²) in [6.07, 6.45) is 5.38. The standard InChI is InChI=1S/C11H9BrN2/c1-8-3-2-4-14-11(8)9-5-10(12)7-13-6-9/h2-7H,1H3. The Morgan fingerprint density at radius 3 is 2.86 bits per heavy atom. The Morgan fingerprint density at radius 1 is 1.29 bits per heavy atom. The third kappa shape index (κ3) is 1.82. The molecule has 0 bridgehead atoms. The van der Waals surface area contributed by atoms with Gasteiger partial charge >= 0.3 is 0 Å². The van der Waals surface area contributed by atoms with Crippen molar-refractivity contribution in [2.24, 2.45) is 0 Å². The van der Waals surface area contributed by atoms with Gasteiger partial charge < -0.3 is 0 Å². The van der Waals surface area contributed by atoms with Crippen LogP contribution in [0, 0.1) is 6.92 Å². The molecule has 0 spiro atoms. The van der Waals surface area contributed by atoms with Crippen molar-refractivity contribution in [2.45, 2.75) is 6.92 Å². The summed E-state index contributed by atoms with van der Waals surface area (Å²) in [7, 11) is 0. The summed E-state index contributed by atoms with van der Waals surface area (Å²) in [5.74, 6) is 0. The second-order valence-electron chi connectivity index (χ2n) is 3.06. The van der Waals surface area contributed by atoms with E-state index in [1.54, 1.807) is 12.4 Å². The van der Waals surface area contributed by atoms with Crippen molar-refractivity contribution in [3.8, 4) is 11.3 Å². The summed E-state index contributed by atoms with van der Waals surface area (Å²) < 4.78 is 0.972. The van der Waals surface area contributed by atoms with Crippen LogP contribution in [0.4, 0.5) is 0 Å². The maximum absolute atomic E-state index is 4.33. The molecule has 0 aliphatic carbocycles. The van der Waals surface area contributed by atoms with E-state index in [4.69, 9.17) is 0 Å². The summed E-state index contributed by atoms with van der Waals surface area (Å²) >= 11 is 3.39. The summed E-state index contributed by atoms with van der Waals surface area (Å²) in [5, 5.41) is 0. The number of hydrogen-bond acceptors (Lipinski definition) is 2. The average Bonchev–Trinajstić information content (AvgIpc) is 2.18. The molecule has 2 rings (SSSR count). The van der Waals surface area contributed by atoms with Crippen LogP contribution in [-0.2, 0) is 0 Å². The molecule has 0 aliphatic heterocycles.